The number of hydrogen-bond donors (Lipinski definition) is 0. The van der Waals surface area contributed by atoms with Gasteiger partial charge in [0.25, 0.3) is 0 Å². The average Bonchev–Trinajstić information content (AvgIpc) is 2.62. The van der Waals surface area contributed by atoms with E-state index in [0.29, 0.717) is 0 Å². The van der Waals surface area contributed by atoms with Crippen LogP contribution in [0.3, 0.4) is 0 Å². The van der Waals surface area contributed by atoms with Crippen molar-refractivity contribution in [3.8, 4) is 0 Å². The molecule has 23 heavy (non-hydrogen) atoms. The monoisotopic (exact) mass is 331 g/mol. The first-order valence-electron chi connectivity index (χ1n) is 7.56. The second-order valence-corrected chi connectivity index (χ2v) is 7.79. The van der Waals surface area contributed by atoms with E-state index in [0.717, 1.165) is 5.69 Å². The van der Waals surface area contributed by atoms with E-state index in [4.69, 9.17) is 0 Å². The molecule has 2 aliphatic rings. The molecule has 3 heteroatoms. The van der Waals surface area contributed by atoms with E-state index >= 15 is 0 Å². The summed E-state index contributed by atoms with van der Waals surface area (Å²) in [6, 6.07) is 26.0. The molecule has 0 radical (unpaired) electrons. The highest BCUT2D eigenvalue weighted by Crippen LogP contribution is 2.60. The van der Waals surface area contributed by atoms with Crippen molar-refractivity contribution in [1.82, 2.24) is 0 Å². The lowest BCUT2D eigenvalue weighted by Gasteiger charge is -2.41. The van der Waals surface area contributed by atoms with Crippen molar-refractivity contribution in [2.24, 2.45) is 4.99 Å². The van der Waals surface area contributed by atoms with Crippen LogP contribution < -0.4 is 0 Å². The quantitative estimate of drug-likeness (QED) is 0.512. The third kappa shape index (κ3) is 1.81. The van der Waals surface area contributed by atoms with Crippen LogP contribution in [0.15, 0.2) is 87.6 Å². The molecule has 2 heterocycles. The Morgan fingerprint density at radius 2 is 1.22 bits per heavy atom. The minimum absolute atomic E-state index is 0.198. The molecular weight excluding hydrogens is 318 g/mol. The van der Waals surface area contributed by atoms with Gasteiger partial charge in [0.05, 0.1) is 11.2 Å². The van der Waals surface area contributed by atoms with Crippen LogP contribution in [-0.2, 0) is 4.75 Å². The number of benzene rings is 3. The SMILES string of the molecule is C1=Nc2ccccc2C2(S1)c1ccccc1Sc1ccccc12. The molecule has 0 bridgehead atoms. The largest absolute Gasteiger partial charge is 0.250 e. The topological polar surface area (TPSA) is 12.4 Å². The number of hydrogen-bond acceptors (Lipinski definition) is 3. The number of para-hydroxylation sites is 1. The van der Waals surface area contributed by atoms with Crippen molar-refractivity contribution < 1.29 is 0 Å². The van der Waals surface area contributed by atoms with Crippen LogP contribution in [0.5, 0.6) is 0 Å². The van der Waals surface area contributed by atoms with Gasteiger partial charge in [-0.25, -0.2) is 4.99 Å². The number of fused-ring (bicyclic) bond motifs is 6. The second kappa shape index (κ2) is 5.02. The molecule has 3 aromatic carbocycles. The molecule has 1 nitrogen and oxygen atoms in total. The standard InChI is InChI=1S/C20H13NS2/c1-4-10-17-14(7-1)20(22-13-21-17)15-8-2-5-11-18(15)23-19-12-6-3-9-16(19)20/h1-13H. The number of thioether (sulfide) groups is 1. The Morgan fingerprint density at radius 3 is 1.91 bits per heavy atom. The van der Waals surface area contributed by atoms with Gasteiger partial charge in [0, 0.05) is 15.4 Å². The number of aliphatic imine (C=N–C) groups is 1. The molecule has 0 aromatic heterocycles. The van der Waals surface area contributed by atoms with E-state index in [1.165, 1.54) is 26.5 Å². The molecule has 0 unspecified atom stereocenters. The molecule has 0 aliphatic carbocycles. The Morgan fingerprint density at radius 1 is 0.652 bits per heavy atom. The summed E-state index contributed by atoms with van der Waals surface area (Å²) in [5.41, 5.74) is 7.10. The van der Waals surface area contributed by atoms with Crippen molar-refractivity contribution in [3.63, 3.8) is 0 Å². The fraction of sp³-hybridized carbons (Fsp3) is 0.0500. The highest BCUT2D eigenvalue weighted by atomic mass is 32.2. The van der Waals surface area contributed by atoms with Crippen LogP contribution in [0.1, 0.15) is 16.7 Å². The van der Waals surface area contributed by atoms with Gasteiger partial charge in [-0.05, 0) is 29.3 Å². The van der Waals surface area contributed by atoms with Crippen molar-refractivity contribution in [3.05, 3.63) is 89.5 Å². The summed E-state index contributed by atoms with van der Waals surface area (Å²) in [4.78, 5) is 7.29. The number of nitrogens with zero attached hydrogens (tertiary/aromatic N) is 1. The summed E-state index contributed by atoms with van der Waals surface area (Å²) in [6.07, 6.45) is 0. The van der Waals surface area contributed by atoms with Crippen molar-refractivity contribution in [2.45, 2.75) is 14.5 Å². The molecule has 1 spiro atoms. The first kappa shape index (κ1) is 13.5. The van der Waals surface area contributed by atoms with Crippen molar-refractivity contribution in [1.29, 1.82) is 0 Å². The zero-order chi connectivity index (χ0) is 15.3. The van der Waals surface area contributed by atoms with Crippen LogP contribution in [-0.4, -0.2) is 5.55 Å². The summed E-state index contributed by atoms with van der Waals surface area (Å²) in [5.74, 6) is 0. The van der Waals surface area contributed by atoms with E-state index in [9.17, 15) is 0 Å². The lowest BCUT2D eigenvalue weighted by molar-refractivity contribution is 0.835. The van der Waals surface area contributed by atoms with E-state index < -0.39 is 0 Å². The predicted octanol–water partition coefficient (Wildman–Crippen LogP) is 5.85. The highest BCUT2D eigenvalue weighted by Gasteiger charge is 2.45. The van der Waals surface area contributed by atoms with Crippen LogP contribution in [0.25, 0.3) is 0 Å². The molecule has 5 rings (SSSR count). The smallest absolute Gasteiger partial charge is 0.101 e. The molecule has 110 valence electrons. The van der Waals surface area contributed by atoms with E-state index in [-0.39, 0.29) is 4.75 Å². The lowest BCUT2D eigenvalue weighted by atomic mass is 9.82. The average molecular weight is 331 g/mol. The third-order valence-electron chi connectivity index (χ3n) is 4.46. The Hall–Kier alpha value is -1.97. The minimum Gasteiger partial charge on any atom is -0.250 e. The highest BCUT2D eigenvalue weighted by molar-refractivity contribution is 8.13. The normalized spacial score (nSPS) is 16.5. The van der Waals surface area contributed by atoms with Gasteiger partial charge < -0.3 is 0 Å². The molecule has 0 atom stereocenters. The van der Waals surface area contributed by atoms with Crippen LogP contribution in [0.2, 0.25) is 0 Å². The van der Waals surface area contributed by atoms with Gasteiger partial charge in [-0.3, -0.25) is 0 Å². The third-order valence-corrected chi connectivity index (χ3v) is 6.83. The number of rotatable bonds is 0. The van der Waals surface area contributed by atoms with Gasteiger partial charge in [0.15, 0.2) is 0 Å². The van der Waals surface area contributed by atoms with Gasteiger partial charge in [-0.15, -0.1) is 0 Å². The van der Waals surface area contributed by atoms with Gasteiger partial charge in [0.1, 0.15) is 4.75 Å². The Bertz CT molecular complexity index is 900. The first-order valence-corrected chi connectivity index (χ1v) is 9.26. The summed E-state index contributed by atoms with van der Waals surface area (Å²) >= 11 is 3.68. The molecule has 0 fully saturated rings. The summed E-state index contributed by atoms with van der Waals surface area (Å²) in [5, 5.41) is 0. The van der Waals surface area contributed by atoms with Gasteiger partial charge in [-0.2, -0.15) is 0 Å². The van der Waals surface area contributed by atoms with Crippen molar-refractivity contribution >= 4 is 34.8 Å². The maximum atomic E-state index is 4.62. The molecule has 0 saturated carbocycles. The van der Waals surface area contributed by atoms with Crippen molar-refractivity contribution in [2.75, 3.05) is 0 Å². The fourth-order valence-corrected chi connectivity index (χ4v) is 6.04. The molecule has 2 aliphatic heterocycles. The maximum absolute atomic E-state index is 4.62. The molecular formula is C20H13NS2. The zero-order valence-electron chi connectivity index (χ0n) is 12.3. The first-order chi connectivity index (χ1) is 11.4. The minimum atomic E-state index is -0.198. The van der Waals surface area contributed by atoms with Gasteiger partial charge >= 0.3 is 0 Å². The molecule has 0 N–H and O–H groups in total. The van der Waals surface area contributed by atoms with Crippen LogP contribution in [0.4, 0.5) is 5.69 Å². The summed E-state index contributed by atoms with van der Waals surface area (Å²) in [6.45, 7) is 0. The van der Waals surface area contributed by atoms with E-state index in [2.05, 4.69) is 77.8 Å². The maximum Gasteiger partial charge on any atom is 0.101 e. The van der Waals surface area contributed by atoms with Crippen LogP contribution >= 0.6 is 23.5 Å². The predicted molar refractivity (Wildman–Crippen MR) is 99.1 cm³/mol. The van der Waals surface area contributed by atoms with Crippen LogP contribution in [0, 0.1) is 0 Å². The van der Waals surface area contributed by atoms with Gasteiger partial charge in [0.2, 0.25) is 0 Å². The Balaban J connectivity index is 1.92. The molecule has 3 aromatic rings. The zero-order valence-corrected chi connectivity index (χ0v) is 13.9. The fourth-order valence-electron chi connectivity index (χ4n) is 3.48. The van der Waals surface area contributed by atoms with Gasteiger partial charge in [-0.1, -0.05) is 78.1 Å². The summed E-state index contributed by atoms with van der Waals surface area (Å²) < 4.78 is -0.198. The molecule has 0 saturated heterocycles. The second-order valence-electron chi connectivity index (χ2n) is 5.65. The Kier molecular flexibility index (Phi) is 2.94. The molecule has 0 amide bonds. The lowest BCUT2D eigenvalue weighted by Crippen LogP contribution is -2.30. The van der Waals surface area contributed by atoms with E-state index in [1.807, 2.05) is 29.1 Å². The van der Waals surface area contributed by atoms with E-state index in [1.54, 1.807) is 0 Å². The Labute approximate surface area is 143 Å². The summed E-state index contributed by atoms with van der Waals surface area (Å²) in [7, 11) is 0.